The zero-order valence-corrected chi connectivity index (χ0v) is 21.0. The largest absolute Gasteiger partial charge is 0.385 e. The van der Waals surface area contributed by atoms with Crippen molar-refractivity contribution in [1.82, 2.24) is 15.1 Å². The number of benzene rings is 2. The summed E-state index contributed by atoms with van der Waals surface area (Å²) in [6.45, 7) is 2.11. The number of piperidine rings is 1. The third-order valence-corrected chi connectivity index (χ3v) is 6.88. The lowest BCUT2D eigenvalue weighted by Gasteiger charge is -2.43. The number of likely N-dealkylation sites (tertiary alicyclic amines) is 1. The number of ether oxygens (including phenoxy) is 1. The Kier molecular flexibility index (Phi) is 8.25. The number of hydrogen-bond acceptors (Lipinski definition) is 6. The SMILES string of the molecule is COCCCNC(=O)CN1CN(c2ccccc2)C2(CCN(C(=O)Nc3cccc(C#N)c3)CC2)C1=O. The summed E-state index contributed by atoms with van der Waals surface area (Å²) in [5.41, 5.74) is 1.10. The molecule has 2 saturated heterocycles. The van der Waals surface area contributed by atoms with Gasteiger partial charge in [0.2, 0.25) is 5.91 Å². The normalized spacial score (nSPS) is 16.5. The fourth-order valence-corrected chi connectivity index (χ4v) is 4.94. The van der Waals surface area contributed by atoms with E-state index in [2.05, 4.69) is 21.6 Å². The second-order valence-electron chi connectivity index (χ2n) is 9.25. The van der Waals surface area contributed by atoms with Crippen LogP contribution in [0.25, 0.3) is 0 Å². The Balaban J connectivity index is 1.45. The van der Waals surface area contributed by atoms with E-state index in [1.54, 1.807) is 41.2 Å². The number of rotatable bonds is 8. The molecule has 37 heavy (non-hydrogen) atoms. The average molecular weight is 505 g/mol. The summed E-state index contributed by atoms with van der Waals surface area (Å²) < 4.78 is 5.01. The maximum absolute atomic E-state index is 13.8. The standard InChI is InChI=1S/C27H32N6O4/c1-37-16-6-13-29-24(34)19-32-20-33(23-9-3-2-4-10-23)27(25(32)35)11-14-31(15-12-27)26(36)30-22-8-5-7-21(17-22)18-28/h2-5,7-10,17H,6,11-16,19-20H2,1H3,(H,29,34)(H,30,36). The highest BCUT2D eigenvalue weighted by Crippen LogP contribution is 2.39. The van der Waals surface area contributed by atoms with E-state index < -0.39 is 5.54 Å². The molecule has 0 aliphatic carbocycles. The van der Waals surface area contributed by atoms with Crippen LogP contribution in [0, 0.1) is 11.3 Å². The summed E-state index contributed by atoms with van der Waals surface area (Å²) in [6, 6.07) is 18.3. The van der Waals surface area contributed by atoms with Gasteiger partial charge in [0.15, 0.2) is 0 Å². The van der Waals surface area contributed by atoms with Crippen LogP contribution in [0.4, 0.5) is 16.2 Å². The van der Waals surface area contributed by atoms with Gasteiger partial charge in [0.1, 0.15) is 12.1 Å². The second kappa shape index (κ2) is 11.8. The van der Waals surface area contributed by atoms with Crippen molar-refractivity contribution in [3.63, 3.8) is 0 Å². The van der Waals surface area contributed by atoms with Crippen LogP contribution in [-0.4, -0.2) is 79.7 Å². The van der Waals surface area contributed by atoms with E-state index in [4.69, 9.17) is 10.00 Å². The molecule has 0 unspecified atom stereocenters. The Morgan fingerprint density at radius 3 is 2.57 bits per heavy atom. The van der Waals surface area contributed by atoms with E-state index in [1.165, 1.54) is 0 Å². The van der Waals surface area contributed by atoms with Crippen molar-refractivity contribution < 1.29 is 19.1 Å². The maximum atomic E-state index is 13.8. The zero-order chi connectivity index (χ0) is 26.3. The molecule has 0 saturated carbocycles. The lowest BCUT2D eigenvalue weighted by molar-refractivity contribution is -0.137. The molecule has 2 N–H and O–H groups in total. The van der Waals surface area contributed by atoms with Crippen LogP contribution < -0.4 is 15.5 Å². The van der Waals surface area contributed by atoms with Gasteiger partial charge in [0.05, 0.1) is 18.3 Å². The Morgan fingerprint density at radius 2 is 1.86 bits per heavy atom. The molecule has 0 radical (unpaired) electrons. The van der Waals surface area contributed by atoms with Crippen LogP contribution in [0.1, 0.15) is 24.8 Å². The smallest absolute Gasteiger partial charge is 0.321 e. The monoisotopic (exact) mass is 504 g/mol. The van der Waals surface area contributed by atoms with E-state index in [1.807, 2.05) is 30.3 Å². The van der Waals surface area contributed by atoms with E-state index in [-0.39, 0.29) is 24.4 Å². The minimum absolute atomic E-state index is 0.0175. The summed E-state index contributed by atoms with van der Waals surface area (Å²) in [4.78, 5) is 44.6. The lowest BCUT2D eigenvalue weighted by atomic mass is 9.85. The third kappa shape index (κ3) is 5.84. The topological polar surface area (TPSA) is 118 Å². The molecular weight excluding hydrogens is 472 g/mol. The molecule has 1 spiro atoms. The summed E-state index contributed by atoms with van der Waals surface area (Å²) >= 11 is 0. The number of carbonyl (C=O) groups is 3. The van der Waals surface area contributed by atoms with Crippen LogP contribution in [0.3, 0.4) is 0 Å². The fraction of sp³-hybridized carbons (Fsp3) is 0.407. The first kappa shape index (κ1) is 26.0. The van der Waals surface area contributed by atoms with Gasteiger partial charge in [-0.1, -0.05) is 24.3 Å². The number of nitrogens with zero attached hydrogens (tertiary/aromatic N) is 4. The number of anilines is 2. The number of amides is 4. The first-order valence-corrected chi connectivity index (χ1v) is 12.4. The number of nitriles is 1. The van der Waals surface area contributed by atoms with E-state index in [9.17, 15) is 14.4 Å². The highest BCUT2D eigenvalue weighted by Gasteiger charge is 2.54. The number of carbonyl (C=O) groups excluding carboxylic acids is 3. The molecular formula is C27H32N6O4. The van der Waals surface area contributed by atoms with Crippen molar-refractivity contribution in [2.75, 3.05) is 56.8 Å². The minimum atomic E-state index is -0.824. The van der Waals surface area contributed by atoms with Crippen molar-refractivity contribution in [1.29, 1.82) is 5.26 Å². The van der Waals surface area contributed by atoms with Gasteiger partial charge in [-0.25, -0.2) is 4.79 Å². The van der Waals surface area contributed by atoms with Crippen molar-refractivity contribution in [2.45, 2.75) is 24.8 Å². The molecule has 0 atom stereocenters. The van der Waals surface area contributed by atoms with Crippen LogP contribution in [-0.2, 0) is 14.3 Å². The van der Waals surface area contributed by atoms with Crippen molar-refractivity contribution in [2.24, 2.45) is 0 Å². The lowest BCUT2D eigenvalue weighted by Crippen LogP contribution is -2.58. The Hall–Kier alpha value is -4.10. The number of urea groups is 1. The number of para-hydroxylation sites is 1. The van der Waals surface area contributed by atoms with Crippen molar-refractivity contribution in [3.8, 4) is 6.07 Å². The second-order valence-corrected chi connectivity index (χ2v) is 9.25. The Bertz CT molecular complexity index is 1160. The molecule has 4 rings (SSSR count). The summed E-state index contributed by atoms with van der Waals surface area (Å²) in [5, 5.41) is 14.8. The fourth-order valence-electron chi connectivity index (χ4n) is 4.94. The van der Waals surface area contributed by atoms with Gasteiger partial charge in [-0.05, 0) is 49.6 Å². The van der Waals surface area contributed by atoms with Crippen LogP contribution >= 0.6 is 0 Å². The molecule has 0 aromatic heterocycles. The first-order chi connectivity index (χ1) is 18.0. The summed E-state index contributed by atoms with van der Waals surface area (Å²) in [6.07, 6.45) is 1.59. The molecule has 2 fully saturated rings. The molecule has 2 aromatic rings. The Morgan fingerprint density at radius 1 is 1.11 bits per heavy atom. The molecule has 10 heteroatoms. The van der Waals surface area contributed by atoms with E-state index >= 15 is 0 Å². The Labute approximate surface area is 216 Å². The molecule has 4 amide bonds. The van der Waals surface area contributed by atoms with Crippen LogP contribution in [0.2, 0.25) is 0 Å². The maximum Gasteiger partial charge on any atom is 0.321 e. The number of methoxy groups -OCH3 is 1. The highest BCUT2D eigenvalue weighted by molar-refractivity contribution is 5.97. The number of hydrogen-bond donors (Lipinski definition) is 2. The molecule has 2 aliphatic heterocycles. The zero-order valence-electron chi connectivity index (χ0n) is 21.0. The van der Waals surface area contributed by atoms with Crippen molar-refractivity contribution in [3.05, 3.63) is 60.2 Å². The van der Waals surface area contributed by atoms with Crippen molar-refractivity contribution >= 4 is 29.2 Å². The molecule has 10 nitrogen and oxygen atoms in total. The van der Waals surface area contributed by atoms with Gasteiger partial charge in [-0.15, -0.1) is 0 Å². The number of nitrogens with one attached hydrogen (secondary N) is 2. The minimum Gasteiger partial charge on any atom is -0.385 e. The van der Waals surface area contributed by atoms with Crippen LogP contribution in [0.15, 0.2) is 54.6 Å². The van der Waals surface area contributed by atoms with Gasteiger partial charge < -0.3 is 30.1 Å². The quantitative estimate of drug-likeness (QED) is 0.533. The molecule has 0 bridgehead atoms. The highest BCUT2D eigenvalue weighted by atomic mass is 16.5. The van der Waals surface area contributed by atoms with E-state index in [0.29, 0.717) is 63.4 Å². The van der Waals surface area contributed by atoms with Gasteiger partial charge in [-0.3, -0.25) is 9.59 Å². The summed E-state index contributed by atoms with van der Waals surface area (Å²) in [5.74, 6) is -0.295. The molecule has 2 aliphatic rings. The molecule has 194 valence electrons. The first-order valence-electron chi connectivity index (χ1n) is 12.4. The average Bonchev–Trinajstić information content (AvgIpc) is 3.18. The van der Waals surface area contributed by atoms with Gasteiger partial charge >= 0.3 is 6.03 Å². The van der Waals surface area contributed by atoms with Crippen LogP contribution in [0.5, 0.6) is 0 Å². The predicted octanol–water partition coefficient (Wildman–Crippen LogP) is 2.38. The van der Waals surface area contributed by atoms with Gasteiger partial charge in [0.25, 0.3) is 5.91 Å². The summed E-state index contributed by atoms with van der Waals surface area (Å²) in [7, 11) is 1.61. The predicted molar refractivity (Wildman–Crippen MR) is 139 cm³/mol. The van der Waals surface area contributed by atoms with E-state index in [0.717, 1.165) is 5.69 Å². The van der Waals surface area contributed by atoms with Gasteiger partial charge in [-0.2, -0.15) is 5.26 Å². The molecule has 2 aromatic carbocycles. The third-order valence-electron chi connectivity index (χ3n) is 6.88. The van der Waals surface area contributed by atoms with Gasteiger partial charge in [0, 0.05) is 44.7 Å². The molecule has 2 heterocycles.